The first-order chi connectivity index (χ1) is 12.8. The van der Waals surface area contributed by atoms with Crippen molar-refractivity contribution in [3.05, 3.63) is 57.4 Å². The number of quaternary nitrogens is 1. The molecule has 0 bridgehead atoms. The van der Waals surface area contributed by atoms with E-state index in [1.165, 1.54) is 42.4 Å². The first-order valence-electron chi connectivity index (χ1n) is 10.0. The highest BCUT2D eigenvalue weighted by Crippen LogP contribution is 2.24. The Labute approximate surface area is 161 Å². The summed E-state index contributed by atoms with van der Waals surface area (Å²) in [6.45, 7) is 9.35. The molecule has 1 heterocycles. The molecular weight excluding hydrogens is 336 g/mol. The number of carbonyl (C=O) groups excluding carboxylic acids is 2. The van der Waals surface area contributed by atoms with Crippen molar-refractivity contribution in [2.24, 2.45) is 0 Å². The van der Waals surface area contributed by atoms with Gasteiger partial charge in [0.25, 0.3) is 0 Å². The molecule has 1 aliphatic rings. The van der Waals surface area contributed by atoms with Crippen molar-refractivity contribution in [1.29, 1.82) is 0 Å². The van der Waals surface area contributed by atoms with Crippen LogP contribution in [0, 0.1) is 13.8 Å². The number of aryl methyl sites for hydroxylation is 3. The molecule has 0 saturated carbocycles. The van der Waals surface area contributed by atoms with Crippen LogP contribution in [0.4, 0.5) is 0 Å². The SMILES string of the molecule is CC(=O)c1c(C)[nH]c(C(=O)[C@@H](C)[NH2+][C@@H](C)c2ccc3c(c2)CCCC3)c1C. The number of H-pyrrole nitrogens is 1. The summed E-state index contributed by atoms with van der Waals surface area (Å²) in [5, 5.41) is 2.12. The Hall–Kier alpha value is -2.20. The lowest BCUT2D eigenvalue weighted by Gasteiger charge is -2.20. The average Bonchev–Trinajstić information content (AvgIpc) is 2.94. The van der Waals surface area contributed by atoms with Gasteiger partial charge in [-0.3, -0.25) is 9.59 Å². The molecule has 3 rings (SSSR count). The van der Waals surface area contributed by atoms with Crippen molar-refractivity contribution in [1.82, 2.24) is 4.98 Å². The topological polar surface area (TPSA) is 66.5 Å². The normalized spacial score (nSPS) is 15.9. The molecule has 0 unspecified atom stereocenters. The quantitative estimate of drug-likeness (QED) is 0.766. The summed E-state index contributed by atoms with van der Waals surface area (Å²) in [7, 11) is 0. The zero-order valence-electron chi connectivity index (χ0n) is 17.1. The van der Waals surface area contributed by atoms with Crippen LogP contribution in [0.25, 0.3) is 0 Å². The number of fused-ring (bicyclic) bond motifs is 1. The van der Waals surface area contributed by atoms with Gasteiger partial charge in [0.05, 0.1) is 5.69 Å². The van der Waals surface area contributed by atoms with Gasteiger partial charge in [-0.1, -0.05) is 12.1 Å². The molecule has 1 aromatic heterocycles. The van der Waals surface area contributed by atoms with Crippen LogP contribution in [0.5, 0.6) is 0 Å². The minimum atomic E-state index is -0.215. The second-order valence-electron chi connectivity index (χ2n) is 8.05. The van der Waals surface area contributed by atoms with Gasteiger partial charge in [-0.25, -0.2) is 0 Å². The molecule has 0 aliphatic heterocycles. The van der Waals surface area contributed by atoms with E-state index in [1.54, 1.807) is 6.92 Å². The maximum absolute atomic E-state index is 13.0. The third-order valence-electron chi connectivity index (χ3n) is 5.93. The predicted octanol–water partition coefficient (Wildman–Crippen LogP) is 3.61. The van der Waals surface area contributed by atoms with E-state index in [1.807, 2.05) is 20.8 Å². The van der Waals surface area contributed by atoms with Crippen LogP contribution in [-0.2, 0) is 12.8 Å². The minimum Gasteiger partial charge on any atom is -0.355 e. The summed E-state index contributed by atoms with van der Waals surface area (Å²) in [5.41, 5.74) is 6.99. The Morgan fingerprint density at radius 3 is 2.37 bits per heavy atom. The van der Waals surface area contributed by atoms with E-state index in [4.69, 9.17) is 0 Å². The fourth-order valence-electron chi connectivity index (χ4n) is 4.42. The number of aromatic nitrogens is 1. The Balaban J connectivity index is 1.75. The molecule has 0 fully saturated rings. The van der Waals surface area contributed by atoms with Crippen LogP contribution in [0.3, 0.4) is 0 Å². The van der Waals surface area contributed by atoms with Crippen LogP contribution in [0.2, 0.25) is 0 Å². The fraction of sp³-hybridized carbons (Fsp3) is 0.478. The van der Waals surface area contributed by atoms with Crippen LogP contribution in [0.15, 0.2) is 18.2 Å². The number of rotatable bonds is 6. The van der Waals surface area contributed by atoms with Crippen LogP contribution in [0.1, 0.15) is 88.4 Å². The molecule has 0 amide bonds. The number of Topliss-reactive ketones (excluding diaryl/α,β-unsaturated/α-hetero) is 2. The number of ketones is 2. The summed E-state index contributed by atoms with van der Waals surface area (Å²) in [6, 6.07) is 6.79. The third-order valence-corrected chi connectivity index (χ3v) is 5.93. The van der Waals surface area contributed by atoms with Gasteiger partial charge in [0.15, 0.2) is 5.78 Å². The number of carbonyl (C=O) groups is 2. The van der Waals surface area contributed by atoms with Gasteiger partial charge in [0.2, 0.25) is 5.78 Å². The Morgan fingerprint density at radius 1 is 1.07 bits per heavy atom. The molecule has 2 aromatic rings. The van der Waals surface area contributed by atoms with Gasteiger partial charge in [0, 0.05) is 16.8 Å². The molecule has 0 radical (unpaired) electrons. The maximum Gasteiger partial charge on any atom is 0.235 e. The van der Waals surface area contributed by atoms with Crippen molar-refractivity contribution in [3.8, 4) is 0 Å². The first-order valence-corrected chi connectivity index (χ1v) is 10.0. The first kappa shape index (κ1) is 19.6. The molecule has 0 saturated heterocycles. The lowest BCUT2D eigenvalue weighted by Crippen LogP contribution is -2.91. The van der Waals surface area contributed by atoms with E-state index in [0.29, 0.717) is 11.3 Å². The Morgan fingerprint density at radius 2 is 1.74 bits per heavy atom. The van der Waals surface area contributed by atoms with Crippen molar-refractivity contribution < 1.29 is 14.9 Å². The van der Waals surface area contributed by atoms with Crippen LogP contribution < -0.4 is 5.32 Å². The smallest absolute Gasteiger partial charge is 0.235 e. The fourth-order valence-corrected chi connectivity index (χ4v) is 4.42. The molecule has 4 heteroatoms. The average molecular weight is 368 g/mol. The van der Waals surface area contributed by atoms with Crippen molar-refractivity contribution >= 4 is 11.6 Å². The summed E-state index contributed by atoms with van der Waals surface area (Å²) in [5.74, 6) is 0.0484. The summed E-state index contributed by atoms with van der Waals surface area (Å²) >= 11 is 0. The third kappa shape index (κ3) is 3.91. The zero-order valence-corrected chi connectivity index (χ0v) is 17.1. The Kier molecular flexibility index (Phi) is 5.66. The molecule has 2 atom stereocenters. The highest BCUT2D eigenvalue weighted by atomic mass is 16.1. The second-order valence-corrected chi connectivity index (χ2v) is 8.05. The molecular formula is C23H31N2O2+. The van der Waals surface area contributed by atoms with Crippen molar-refractivity contribution in [3.63, 3.8) is 0 Å². The maximum atomic E-state index is 13.0. The van der Waals surface area contributed by atoms with Crippen LogP contribution in [-0.4, -0.2) is 22.6 Å². The number of benzene rings is 1. The van der Waals surface area contributed by atoms with E-state index in [2.05, 4.69) is 35.4 Å². The minimum absolute atomic E-state index is 0.000593. The molecule has 4 nitrogen and oxygen atoms in total. The van der Waals surface area contributed by atoms with E-state index in [9.17, 15) is 9.59 Å². The zero-order chi connectivity index (χ0) is 19.7. The van der Waals surface area contributed by atoms with Gasteiger partial charge in [0.1, 0.15) is 12.1 Å². The Bertz CT molecular complexity index is 879. The van der Waals surface area contributed by atoms with Gasteiger partial charge < -0.3 is 10.3 Å². The molecule has 1 aromatic carbocycles. The highest BCUT2D eigenvalue weighted by Gasteiger charge is 2.27. The van der Waals surface area contributed by atoms with E-state index in [-0.39, 0.29) is 23.7 Å². The second kappa shape index (κ2) is 7.81. The summed E-state index contributed by atoms with van der Waals surface area (Å²) in [6.07, 6.45) is 4.91. The van der Waals surface area contributed by atoms with E-state index >= 15 is 0 Å². The number of hydrogen-bond acceptors (Lipinski definition) is 2. The molecule has 1 aliphatic carbocycles. The molecule has 0 spiro atoms. The largest absolute Gasteiger partial charge is 0.355 e. The summed E-state index contributed by atoms with van der Waals surface area (Å²) < 4.78 is 0. The highest BCUT2D eigenvalue weighted by molar-refractivity contribution is 6.04. The standard InChI is InChI=1S/C23H30N2O2/c1-13-21(17(5)26)15(3)25-22(13)23(27)16(4)24-14(2)19-11-10-18-8-6-7-9-20(18)12-19/h10-12,14,16,24-25H,6-9H2,1-5H3/p+1/t14-,16+/m0/s1. The number of hydrogen-bond donors (Lipinski definition) is 2. The summed E-state index contributed by atoms with van der Waals surface area (Å²) in [4.78, 5) is 28.0. The van der Waals surface area contributed by atoms with Gasteiger partial charge in [-0.15, -0.1) is 0 Å². The monoisotopic (exact) mass is 367 g/mol. The van der Waals surface area contributed by atoms with Gasteiger partial charge in [-0.05, 0) is 83.1 Å². The van der Waals surface area contributed by atoms with Crippen molar-refractivity contribution in [2.45, 2.75) is 72.4 Å². The van der Waals surface area contributed by atoms with Gasteiger partial charge in [-0.2, -0.15) is 0 Å². The lowest BCUT2D eigenvalue weighted by molar-refractivity contribution is -0.709. The van der Waals surface area contributed by atoms with Gasteiger partial charge >= 0.3 is 0 Å². The van der Waals surface area contributed by atoms with Crippen LogP contribution >= 0.6 is 0 Å². The number of nitrogens with one attached hydrogen (secondary N) is 1. The number of aromatic amines is 1. The number of nitrogens with two attached hydrogens (primary N) is 1. The lowest BCUT2D eigenvalue weighted by atomic mass is 9.89. The van der Waals surface area contributed by atoms with Crippen molar-refractivity contribution in [2.75, 3.05) is 0 Å². The van der Waals surface area contributed by atoms with E-state index in [0.717, 1.165) is 11.3 Å². The molecule has 27 heavy (non-hydrogen) atoms. The molecule has 144 valence electrons. The van der Waals surface area contributed by atoms with E-state index < -0.39 is 0 Å². The predicted molar refractivity (Wildman–Crippen MR) is 107 cm³/mol. The molecule has 3 N–H and O–H groups in total.